The first kappa shape index (κ1) is 16.4. The van der Waals surface area contributed by atoms with Gasteiger partial charge in [0.2, 0.25) is 11.8 Å². The molecule has 1 aliphatic rings. The molecule has 0 radical (unpaired) electrons. The van der Waals surface area contributed by atoms with Crippen LogP contribution >= 0.6 is 0 Å². The fourth-order valence-electron chi connectivity index (χ4n) is 1.75. The van der Waals surface area contributed by atoms with Crippen LogP contribution in [0, 0.1) is 0 Å². The number of rotatable bonds is 9. The van der Waals surface area contributed by atoms with Crippen molar-refractivity contribution in [2.24, 2.45) is 0 Å². The van der Waals surface area contributed by atoms with Gasteiger partial charge in [-0.25, -0.2) is 0 Å². The molecule has 0 aromatic heterocycles. The molecule has 0 heterocycles. The number of nitrogens with one attached hydrogen (secondary N) is 2. The van der Waals surface area contributed by atoms with Gasteiger partial charge in [0.1, 0.15) is 6.04 Å². The molecular formula is C13H23N3O4. The number of hydrogen-bond donors (Lipinski definition) is 3. The van der Waals surface area contributed by atoms with Gasteiger partial charge in [-0.2, -0.15) is 0 Å². The third-order valence-electron chi connectivity index (χ3n) is 3.12. The monoisotopic (exact) mass is 285 g/mol. The number of likely N-dealkylation sites (N-methyl/N-ethyl adjacent to an activating group) is 1. The minimum absolute atomic E-state index is 0.00251. The molecule has 2 amide bonds. The van der Waals surface area contributed by atoms with Gasteiger partial charge in [0.05, 0.1) is 13.1 Å². The molecule has 114 valence electrons. The summed E-state index contributed by atoms with van der Waals surface area (Å²) in [6.45, 7) is 1.81. The van der Waals surface area contributed by atoms with E-state index in [4.69, 9.17) is 5.11 Å². The fraction of sp³-hybridized carbons (Fsp3) is 0.769. The number of aliphatic carboxylic acids is 1. The summed E-state index contributed by atoms with van der Waals surface area (Å²) >= 11 is 0. The van der Waals surface area contributed by atoms with Crippen LogP contribution in [0.2, 0.25) is 0 Å². The Hall–Kier alpha value is -1.63. The van der Waals surface area contributed by atoms with Crippen molar-refractivity contribution in [3.63, 3.8) is 0 Å². The largest absolute Gasteiger partial charge is 0.480 e. The van der Waals surface area contributed by atoms with E-state index in [2.05, 4.69) is 10.6 Å². The first-order valence-corrected chi connectivity index (χ1v) is 6.93. The maximum atomic E-state index is 11.8. The lowest BCUT2D eigenvalue weighted by Gasteiger charge is -2.19. The highest BCUT2D eigenvalue weighted by molar-refractivity contribution is 5.86. The van der Waals surface area contributed by atoms with Crippen LogP contribution in [0.15, 0.2) is 0 Å². The van der Waals surface area contributed by atoms with E-state index in [1.165, 1.54) is 11.9 Å². The average molecular weight is 285 g/mol. The molecule has 1 unspecified atom stereocenters. The smallest absolute Gasteiger partial charge is 0.320 e. The van der Waals surface area contributed by atoms with Crippen molar-refractivity contribution in [3.05, 3.63) is 0 Å². The highest BCUT2D eigenvalue weighted by Gasteiger charge is 2.24. The first-order valence-electron chi connectivity index (χ1n) is 6.93. The minimum atomic E-state index is -0.964. The van der Waals surface area contributed by atoms with Gasteiger partial charge in [0.15, 0.2) is 0 Å². The Balaban J connectivity index is 2.28. The van der Waals surface area contributed by atoms with Crippen LogP contribution in [0.25, 0.3) is 0 Å². The van der Waals surface area contributed by atoms with Crippen molar-refractivity contribution >= 4 is 17.8 Å². The van der Waals surface area contributed by atoms with Crippen LogP contribution in [-0.2, 0) is 14.4 Å². The average Bonchev–Trinajstić information content (AvgIpc) is 3.17. The maximum absolute atomic E-state index is 11.8. The Morgan fingerprint density at radius 1 is 1.35 bits per heavy atom. The number of carboxylic acids is 1. The van der Waals surface area contributed by atoms with Gasteiger partial charge < -0.3 is 15.3 Å². The van der Waals surface area contributed by atoms with Gasteiger partial charge in [-0.05, 0) is 19.3 Å². The third kappa shape index (κ3) is 6.01. The molecule has 0 bridgehead atoms. The summed E-state index contributed by atoms with van der Waals surface area (Å²) in [6.07, 6.45) is 3.19. The molecule has 1 fully saturated rings. The van der Waals surface area contributed by atoms with Crippen LogP contribution in [0.1, 0.15) is 32.6 Å². The van der Waals surface area contributed by atoms with E-state index < -0.39 is 12.0 Å². The van der Waals surface area contributed by atoms with Crippen LogP contribution < -0.4 is 10.6 Å². The molecular weight excluding hydrogens is 262 g/mol. The topological polar surface area (TPSA) is 98.7 Å². The Morgan fingerprint density at radius 2 is 2.00 bits per heavy atom. The van der Waals surface area contributed by atoms with Crippen LogP contribution in [0.3, 0.4) is 0 Å². The molecule has 1 saturated carbocycles. The molecule has 0 aromatic rings. The first-order chi connectivity index (χ1) is 9.43. The molecule has 1 aliphatic carbocycles. The van der Waals surface area contributed by atoms with Gasteiger partial charge in [-0.1, -0.05) is 13.3 Å². The molecule has 0 saturated heterocycles. The minimum Gasteiger partial charge on any atom is -0.480 e. The van der Waals surface area contributed by atoms with Crippen molar-refractivity contribution in [1.29, 1.82) is 0 Å². The molecule has 1 atom stereocenters. The fourth-order valence-corrected chi connectivity index (χ4v) is 1.75. The summed E-state index contributed by atoms with van der Waals surface area (Å²) in [6, 6.07) is -0.456. The van der Waals surface area contributed by atoms with E-state index in [0.29, 0.717) is 6.42 Å². The summed E-state index contributed by atoms with van der Waals surface area (Å²) in [7, 11) is 1.53. The number of amides is 2. The van der Waals surface area contributed by atoms with Crippen molar-refractivity contribution in [3.8, 4) is 0 Å². The zero-order chi connectivity index (χ0) is 15.1. The van der Waals surface area contributed by atoms with Crippen LogP contribution in [-0.4, -0.2) is 60.0 Å². The molecule has 0 spiro atoms. The van der Waals surface area contributed by atoms with E-state index in [1.807, 2.05) is 6.92 Å². The second kappa shape index (κ2) is 7.84. The van der Waals surface area contributed by atoms with Gasteiger partial charge >= 0.3 is 5.97 Å². The van der Waals surface area contributed by atoms with E-state index in [9.17, 15) is 14.4 Å². The summed E-state index contributed by atoms with van der Waals surface area (Å²) in [4.78, 5) is 35.6. The van der Waals surface area contributed by atoms with E-state index in [1.54, 1.807) is 0 Å². The van der Waals surface area contributed by atoms with E-state index in [-0.39, 0.29) is 30.9 Å². The van der Waals surface area contributed by atoms with E-state index in [0.717, 1.165) is 19.3 Å². The lowest BCUT2D eigenvalue weighted by Crippen LogP contribution is -2.46. The van der Waals surface area contributed by atoms with Crippen LogP contribution in [0.4, 0.5) is 0 Å². The number of hydrogen-bond acceptors (Lipinski definition) is 4. The summed E-state index contributed by atoms with van der Waals surface area (Å²) < 4.78 is 0. The van der Waals surface area contributed by atoms with Crippen molar-refractivity contribution in [1.82, 2.24) is 15.5 Å². The molecule has 7 heteroatoms. The number of carboxylic acid groups (broad SMARTS) is 1. The Labute approximate surface area is 118 Å². The lowest BCUT2D eigenvalue weighted by molar-refractivity contribution is -0.140. The van der Waals surface area contributed by atoms with Gasteiger partial charge in [0.25, 0.3) is 0 Å². The normalized spacial score (nSPS) is 15.5. The predicted octanol–water partition coefficient (Wildman–Crippen LogP) is -0.434. The maximum Gasteiger partial charge on any atom is 0.320 e. The summed E-state index contributed by atoms with van der Waals surface area (Å²) in [5.74, 6) is -1.43. The van der Waals surface area contributed by atoms with Gasteiger partial charge in [-0.3, -0.25) is 19.7 Å². The standard InChI is InChI=1S/C13H23N3O4/c1-3-4-10(13(19)20)14-7-12(18)16(2)8-11(17)15-9-5-6-9/h9-10,14H,3-8H2,1-2H3,(H,15,17)(H,19,20). The third-order valence-corrected chi connectivity index (χ3v) is 3.12. The highest BCUT2D eigenvalue weighted by atomic mass is 16.4. The van der Waals surface area contributed by atoms with Crippen molar-refractivity contribution in [2.75, 3.05) is 20.1 Å². The number of carbonyl (C=O) groups is 3. The Bertz CT molecular complexity index is 369. The van der Waals surface area contributed by atoms with E-state index >= 15 is 0 Å². The second-order valence-electron chi connectivity index (χ2n) is 5.15. The second-order valence-corrected chi connectivity index (χ2v) is 5.15. The quantitative estimate of drug-likeness (QED) is 0.534. The SMILES string of the molecule is CCCC(NCC(=O)N(C)CC(=O)NC1CC1)C(=O)O. The molecule has 0 aliphatic heterocycles. The number of carbonyl (C=O) groups excluding carboxylic acids is 2. The highest BCUT2D eigenvalue weighted by Crippen LogP contribution is 2.18. The molecule has 3 N–H and O–H groups in total. The molecule has 0 aromatic carbocycles. The Kier molecular flexibility index (Phi) is 6.44. The summed E-state index contributed by atoms with van der Waals surface area (Å²) in [5.41, 5.74) is 0. The van der Waals surface area contributed by atoms with Gasteiger partial charge in [0, 0.05) is 13.1 Å². The summed E-state index contributed by atoms with van der Waals surface area (Å²) in [5, 5.41) is 14.5. The number of nitrogens with zero attached hydrogens (tertiary/aromatic N) is 1. The molecule has 7 nitrogen and oxygen atoms in total. The Morgan fingerprint density at radius 3 is 2.50 bits per heavy atom. The predicted molar refractivity (Wildman–Crippen MR) is 73.1 cm³/mol. The zero-order valence-corrected chi connectivity index (χ0v) is 12.0. The lowest BCUT2D eigenvalue weighted by atomic mass is 10.1. The van der Waals surface area contributed by atoms with Crippen molar-refractivity contribution < 1.29 is 19.5 Å². The molecule has 1 rings (SSSR count). The van der Waals surface area contributed by atoms with Gasteiger partial charge in [-0.15, -0.1) is 0 Å². The van der Waals surface area contributed by atoms with Crippen molar-refractivity contribution in [2.45, 2.75) is 44.7 Å². The zero-order valence-electron chi connectivity index (χ0n) is 12.0. The molecule has 20 heavy (non-hydrogen) atoms. The van der Waals surface area contributed by atoms with Crippen LogP contribution in [0.5, 0.6) is 0 Å².